The minimum absolute atomic E-state index is 0.0806. The first-order valence-electron chi connectivity index (χ1n) is 21.5. The molecule has 0 aromatic carbocycles. The molecule has 0 aliphatic carbocycles. The summed E-state index contributed by atoms with van der Waals surface area (Å²) in [6.45, 7) is 3.47. The third-order valence-electron chi connectivity index (χ3n) is 8.60. The number of ether oxygens (including phenoxy) is 2. The van der Waals surface area contributed by atoms with Gasteiger partial charge < -0.3 is 19.3 Å². The molecule has 0 fully saturated rings. The van der Waals surface area contributed by atoms with Gasteiger partial charge in [-0.15, -0.1) is 0 Å². The Morgan fingerprint density at radius 2 is 0.893 bits per heavy atom. The average Bonchev–Trinajstić information content (AvgIpc) is 3.17. The Morgan fingerprint density at radius 1 is 0.482 bits per heavy atom. The van der Waals surface area contributed by atoms with Gasteiger partial charge in [-0.1, -0.05) is 169 Å². The van der Waals surface area contributed by atoms with E-state index in [1.54, 1.807) is 0 Å². The average molecular weight is 801 g/mol. The lowest BCUT2D eigenvalue weighted by Crippen LogP contribution is -2.29. The number of carbonyl (C=O) groups excluding carboxylic acids is 2. The van der Waals surface area contributed by atoms with E-state index in [1.807, 2.05) is 12.2 Å². The van der Waals surface area contributed by atoms with E-state index in [9.17, 15) is 14.2 Å². The van der Waals surface area contributed by atoms with Crippen molar-refractivity contribution in [1.29, 1.82) is 0 Å². The number of phosphoric ester groups is 1. The summed E-state index contributed by atoms with van der Waals surface area (Å²) in [7, 11) is -4.78. The highest BCUT2D eigenvalue weighted by atomic mass is 31.2. The van der Waals surface area contributed by atoms with E-state index in [0.717, 1.165) is 70.6 Å². The van der Waals surface area contributed by atoms with Crippen LogP contribution in [0.25, 0.3) is 0 Å². The molecule has 0 aliphatic rings. The second-order valence-corrected chi connectivity index (χ2v) is 15.2. The number of phosphoric acid groups is 1. The van der Waals surface area contributed by atoms with Crippen LogP contribution in [0.15, 0.2) is 97.2 Å². The fourth-order valence-electron chi connectivity index (χ4n) is 5.43. The largest absolute Gasteiger partial charge is 0.469 e. The molecule has 318 valence electrons. The first-order valence-corrected chi connectivity index (χ1v) is 23.1. The molecule has 0 aromatic rings. The van der Waals surface area contributed by atoms with Crippen LogP contribution in [-0.4, -0.2) is 41.0 Å². The molecule has 0 saturated carbocycles. The number of esters is 2. The van der Waals surface area contributed by atoms with Crippen LogP contribution >= 0.6 is 7.82 Å². The number of unbranched alkanes of at least 4 members (excludes halogenated alkanes) is 12. The molecular formula is C47H77O8P. The van der Waals surface area contributed by atoms with Gasteiger partial charge in [-0.05, 0) is 83.5 Å². The molecule has 9 heteroatoms. The second kappa shape index (κ2) is 41.6. The Kier molecular flexibility index (Phi) is 39.3. The lowest BCUT2D eigenvalue weighted by molar-refractivity contribution is -0.161. The van der Waals surface area contributed by atoms with Gasteiger partial charge in [0.2, 0.25) is 0 Å². The van der Waals surface area contributed by atoms with Crippen molar-refractivity contribution in [3.8, 4) is 0 Å². The van der Waals surface area contributed by atoms with E-state index >= 15 is 0 Å². The number of hydrogen-bond acceptors (Lipinski definition) is 6. The molecule has 8 nitrogen and oxygen atoms in total. The van der Waals surface area contributed by atoms with Crippen LogP contribution in [0, 0.1) is 0 Å². The summed E-state index contributed by atoms with van der Waals surface area (Å²) < 4.78 is 26.3. The molecule has 0 saturated heterocycles. The number of rotatable bonds is 38. The Balaban J connectivity index is 4.05. The highest BCUT2D eigenvalue weighted by Crippen LogP contribution is 2.36. The molecule has 0 radical (unpaired) electrons. The van der Waals surface area contributed by atoms with E-state index in [-0.39, 0.29) is 19.4 Å². The second-order valence-electron chi connectivity index (χ2n) is 13.9. The zero-order chi connectivity index (χ0) is 41.1. The quantitative estimate of drug-likeness (QED) is 0.0274. The summed E-state index contributed by atoms with van der Waals surface area (Å²) in [6, 6.07) is 0. The highest BCUT2D eigenvalue weighted by Gasteiger charge is 2.22. The van der Waals surface area contributed by atoms with E-state index in [2.05, 4.69) is 103 Å². The summed E-state index contributed by atoms with van der Waals surface area (Å²) in [6.07, 6.45) is 57.1. The van der Waals surface area contributed by atoms with Gasteiger partial charge in [-0.3, -0.25) is 14.1 Å². The molecule has 0 unspecified atom stereocenters. The monoisotopic (exact) mass is 801 g/mol. The maximum Gasteiger partial charge on any atom is 0.469 e. The Hall–Kier alpha value is -3.03. The number of carbonyl (C=O) groups is 2. The summed E-state index contributed by atoms with van der Waals surface area (Å²) >= 11 is 0. The van der Waals surface area contributed by atoms with Crippen molar-refractivity contribution in [2.24, 2.45) is 0 Å². The van der Waals surface area contributed by atoms with Crippen molar-refractivity contribution < 1.29 is 37.9 Å². The first-order chi connectivity index (χ1) is 27.3. The molecule has 0 rings (SSSR count). The summed E-state index contributed by atoms with van der Waals surface area (Å²) in [5, 5.41) is 0. The van der Waals surface area contributed by atoms with Crippen LogP contribution in [0.5, 0.6) is 0 Å². The summed E-state index contributed by atoms with van der Waals surface area (Å²) in [5.41, 5.74) is 0. The van der Waals surface area contributed by atoms with Crippen molar-refractivity contribution >= 4 is 19.8 Å². The maximum atomic E-state index is 12.4. The van der Waals surface area contributed by atoms with Crippen molar-refractivity contribution in [2.45, 2.75) is 174 Å². The van der Waals surface area contributed by atoms with Gasteiger partial charge in [0.05, 0.1) is 6.61 Å². The van der Waals surface area contributed by atoms with Crippen molar-refractivity contribution in [2.75, 3.05) is 13.2 Å². The zero-order valence-electron chi connectivity index (χ0n) is 35.0. The lowest BCUT2D eigenvalue weighted by atomic mass is 10.1. The zero-order valence-corrected chi connectivity index (χ0v) is 35.9. The molecule has 0 amide bonds. The maximum absolute atomic E-state index is 12.4. The van der Waals surface area contributed by atoms with Crippen LogP contribution in [-0.2, 0) is 28.2 Å². The van der Waals surface area contributed by atoms with Crippen LogP contribution < -0.4 is 0 Å². The Morgan fingerprint density at radius 3 is 1.36 bits per heavy atom. The smallest absolute Gasteiger partial charge is 0.462 e. The third-order valence-corrected chi connectivity index (χ3v) is 9.09. The van der Waals surface area contributed by atoms with Crippen LogP contribution in [0.4, 0.5) is 0 Å². The van der Waals surface area contributed by atoms with Gasteiger partial charge in [0, 0.05) is 12.8 Å². The van der Waals surface area contributed by atoms with E-state index in [0.29, 0.717) is 12.8 Å². The van der Waals surface area contributed by atoms with E-state index in [4.69, 9.17) is 19.3 Å². The first kappa shape index (κ1) is 53.0. The number of allylic oxidation sites excluding steroid dienone is 16. The normalized spacial score (nSPS) is 13.4. The SMILES string of the molecule is CC/C=C\C/C=C\C/C=C\C/C=C\C/C=C\C/C=C\CCC(=O)O[C@H](COC(=O)CCCCCCCCCCC/C=C\C/C=C\CCCCC)COP(=O)(O)O. The molecule has 2 N–H and O–H groups in total. The molecule has 56 heavy (non-hydrogen) atoms. The fourth-order valence-corrected chi connectivity index (χ4v) is 5.79. The number of hydrogen-bond donors (Lipinski definition) is 2. The molecule has 1 atom stereocenters. The minimum Gasteiger partial charge on any atom is -0.462 e. The minimum atomic E-state index is -4.78. The third kappa shape index (κ3) is 43.7. The predicted octanol–water partition coefficient (Wildman–Crippen LogP) is 13.4. The Bertz CT molecular complexity index is 1220. The van der Waals surface area contributed by atoms with Gasteiger partial charge in [0.15, 0.2) is 6.10 Å². The van der Waals surface area contributed by atoms with Gasteiger partial charge in [-0.2, -0.15) is 0 Å². The topological polar surface area (TPSA) is 119 Å². The van der Waals surface area contributed by atoms with Crippen molar-refractivity contribution in [3.05, 3.63) is 97.2 Å². The van der Waals surface area contributed by atoms with E-state index < -0.39 is 32.5 Å². The van der Waals surface area contributed by atoms with Crippen molar-refractivity contribution in [1.82, 2.24) is 0 Å². The molecule has 0 bridgehead atoms. The molecule has 0 spiro atoms. The highest BCUT2D eigenvalue weighted by molar-refractivity contribution is 7.46. The van der Waals surface area contributed by atoms with Crippen LogP contribution in [0.2, 0.25) is 0 Å². The molecular weight excluding hydrogens is 723 g/mol. The molecule has 0 aromatic heterocycles. The van der Waals surface area contributed by atoms with Crippen molar-refractivity contribution in [3.63, 3.8) is 0 Å². The van der Waals surface area contributed by atoms with E-state index in [1.165, 1.54) is 57.8 Å². The fraction of sp³-hybridized carbons (Fsp3) is 0.617. The van der Waals surface area contributed by atoms with Gasteiger partial charge >= 0.3 is 19.8 Å². The molecule has 0 aliphatic heterocycles. The Labute approximate surface area is 341 Å². The van der Waals surface area contributed by atoms with Crippen LogP contribution in [0.1, 0.15) is 168 Å². The summed E-state index contributed by atoms with van der Waals surface area (Å²) in [4.78, 5) is 42.9. The lowest BCUT2D eigenvalue weighted by Gasteiger charge is -2.18. The van der Waals surface area contributed by atoms with Gasteiger partial charge in [0.25, 0.3) is 0 Å². The predicted molar refractivity (Wildman–Crippen MR) is 234 cm³/mol. The summed E-state index contributed by atoms with van der Waals surface area (Å²) in [5.74, 6) is -0.995. The molecule has 0 heterocycles. The van der Waals surface area contributed by atoms with Crippen LogP contribution in [0.3, 0.4) is 0 Å². The van der Waals surface area contributed by atoms with Gasteiger partial charge in [0.1, 0.15) is 6.61 Å². The standard InChI is InChI=1S/C47H77O8P/c1-3-5-7-9-11-13-15-17-19-21-23-25-27-29-31-33-35-37-39-41-46(48)53-43-45(44-54-56(50,51)52)55-47(49)42-40-38-36-34-32-30-28-26-24-22-20-18-16-14-12-10-8-6-4-2/h6,8,11-14,17-20,24,26,30,32,36,38,45H,3-5,7,9-10,15-16,21-23,25,27-29,31,33-35,37,39-44H2,1-2H3,(H2,50,51,52)/b8-6-,13-11-,14-12-,19-17-,20-18-,26-24-,32-30-,38-36-/t45-/m1/s1. The van der Waals surface area contributed by atoms with Gasteiger partial charge in [-0.25, -0.2) is 4.57 Å².